The molecule has 104 valence electrons. The first-order valence-electron chi connectivity index (χ1n) is 6.68. The van der Waals surface area contributed by atoms with Crippen LogP contribution in [0.2, 0.25) is 0 Å². The summed E-state index contributed by atoms with van der Waals surface area (Å²) in [5.41, 5.74) is 1.67. The topological polar surface area (TPSA) is 44.6 Å². The van der Waals surface area contributed by atoms with Gasteiger partial charge in [-0.25, -0.2) is 4.84 Å². The van der Waals surface area contributed by atoms with Crippen LogP contribution < -0.4 is 5.32 Å². The average molecular weight is 264 g/mol. The summed E-state index contributed by atoms with van der Waals surface area (Å²) in [6.45, 7) is 7.30. The third-order valence-electron chi connectivity index (χ3n) is 3.57. The van der Waals surface area contributed by atoms with Gasteiger partial charge in [-0.05, 0) is 19.4 Å². The maximum Gasteiger partial charge on any atom is 0.317 e. The summed E-state index contributed by atoms with van der Waals surface area (Å²) in [6, 6.07) is 8.59. The first-order chi connectivity index (χ1) is 9.10. The highest BCUT2D eigenvalue weighted by molar-refractivity contribution is 5.33. The van der Waals surface area contributed by atoms with Crippen LogP contribution in [0.1, 0.15) is 19.4 Å². The smallest absolute Gasteiger partial charge is 0.311 e. The van der Waals surface area contributed by atoms with Gasteiger partial charge in [-0.15, -0.1) is 0 Å². The second kappa shape index (κ2) is 6.12. The van der Waals surface area contributed by atoms with E-state index in [0.29, 0.717) is 22.7 Å². The first kappa shape index (κ1) is 14.0. The van der Waals surface area contributed by atoms with Crippen molar-refractivity contribution in [1.82, 2.24) is 10.2 Å². The standard InChI is InChI=1S/C14H22N3O2/c1-11-9-16(12(2)8-15-11)10-13-5-4-6-14(7-13)17(18)19-3/h4-7,11-12,15H,8-10H2,1-3H3/q+1. The minimum atomic E-state index is 0.505. The lowest BCUT2D eigenvalue weighted by Gasteiger charge is -2.37. The molecular weight excluding hydrogens is 242 g/mol. The van der Waals surface area contributed by atoms with Gasteiger partial charge < -0.3 is 5.32 Å². The van der Waals surface area contributed by atoms with Crippen molar-refractivity contribution in [2.75, 3.05) is 20.2 Å². The molecule has 2 unspecified atom stereocenters. The number of benzene rings is 1. The maximum atomic E-state index is 11.4. The van der Waals surface area contributed by atoms with Crippen LogP contribution in [0, 0.1) is 4.91 Å². The van der Waals surface area contributed by atoms with Crippen LogP contribution in [-0.4, -0.2) is 42.1 Å². The molecule has 1 aromatic carbocycles. The van der Waals surface area contributed by atoms with Crippen molar-refractivity contribution in [3.05, 3.63) is 34.7 Å². The second-order valence-corrected chi connectivity index (χ2v) is 5.20. The molecule has 5 heteroatoms. The van der Waals surface area contributed by atoms with E-state index in [9.17, 15) is 4.91 Å². The van der Waals surface area contributed by atoms with Gasteiger partial charge >= 0.3 is 5.69 Å². The fraction of sp³-hybridized carbons (Fsp3) is 0.571. The predicted octanol–water partition coefficient (Wildman–Crippen LogP) is 1.84. The van der Waals surface area contributed by atoms with E-state index in [0.717, 1.165) is 25.2 Å². The average Bonchev–Trinajstić information content (AvgIpc) is 2.42. The maximum absolute atomic E-state index is 11.4. The summed E-state index contributed by atoms with van der Waals surface area (Å²) in [7, 11) is 1.37. The van der Waals surface area contributed by atoms with Crippen LogP contribution in [0.5, 0.6) is 0 Å². The Hall–Kier alpha value is -1.46. The molecule has 0 aliphatic carbocycles. The molecule has 0 spiro atoms. The molecule has 1 fully saturated rings. The van der Waals surface area contributed by atoms with Crippen LogP contribution >= 0.6 is 0 Å². The van der Waals surface area contributed by atoms with Crippen molar-refractivity contribution in [2.45, 2.75) is 32.5 Å². The van der Waals surface area contributed by atoms with Gasteiger partial charge in [0.1, 0.15) is 0 Å². The van der Waals surface area contributed by atoms with E-state index < -0.39 is 0 Å². The van der Waals surface area contributed by atoms with E-state index in [2.05, 4.69) is 28.9 Å². The molecule has 0 saturated carbocycles. The summed E-state index contributed by atoms with van der Waals surface area (Å²) < 4.78 is 0. The lowest BCUT2D eigenvalue weighted by atomic mass is 10.1. The normalized spacial score (nSPS) is 24.2. The lowest BCUT2D eigenvalue weighted by Crippen LogP contribution is -2.53. The molecule has 0 amide bonds. The third-order valence-corrected chi connectivity index (χ3v) is 3.57. The molecule has 0 bridgehead atoms. The van der Waals surface area contributed by atoms with Crippen LogP contribution in [0.15, 0.2) is 24.3 Å². The van der Waals surface area contributed by atoms with Crippen LogP contribution in [-0.2, 0) is 11.4 Å². The molecule has 2 rings (SSSR count). The molecule has 0 aromatic heterocycles. The SMILES string of the molecule is CO[N+](=O)c1cccc(CN2CC(C)NCC2C)c1. The van der Waals surface area contributed by atoms with Crippen LogP contribution in [0.4, 0.5) is 5.69 Å². The lowest BCUT2D eigenvalue weighted by molar-refractivity contribution is -0.736. The van der Waals surface area contributed by atoms with E-state index in [4.69, 9.17) is 0 Å². The Morgan fingerprint density at radius 1 is 1.47 bits per heavy atom. The summed E-state index contributed by atoms with van der Waals surface area (Å²) in [5, 5.41) is 3.47. The highest BCUT2D eigenvalue weighted by Crippen LogP contribution is 2.17. The summed E-state index contributed by atoms with van der Waals surface area (Å²) in [6.07, 6.45) is 0. The van der Waals surface area contributed by atoms with Crippen molar-refractivity contribution in [3.63, 3.8) is 0 Å². The quantitative estimate of drug-likeness (QED) is 0.843. The Labute approximate surface area is 114 Å². The minimum Gasteiger partial charge on any atom is -0.311 e. The van der Waals surface area contributed by atoms with Crippen molar-refractivity contribution < 1.29 is 9.76 Å². The van der Waals surface area contributed by atoms with Gasteiger partial charge in [0.05, 0.1) is 4.91 Å². The molecule has 19 heavy (non-hydrogen) atoms. The van der Waals surface area contributed by atoms with Gasteiger partial charge in [-0.1, -0.05) is 12.1 Å². The largest absolute Gasteiger partial charge is 0.317 e. The molecule has 5 nitrogen and oxygen atoms in total. The number of nitrogens with one attached hydrogen (secondary N) is 1. The summed E-state index contributed by atoms with van der Waals surface area (Å²) in [5.74, 6) is 0. The highest BCUT2D eigenvalue weighted by Gasteiger charge is 2.23. The zero-order valence-corrected chi connectivity index (χ0v) is 11.8. The fourth-order valence-corrected chi connectivity index (χ4v) is 2.43. The van der Waals surface area contributed by atoms with Crippen molar-refractivity contribution in [1.29, 1.82) is 0 Å². The van der Waals surface area contributed by atoms with E-state index in [1.165, 1.54) is 7.11 Å². The zero-order valence-electron chi connectivity index (χ0n) is 11.8. The van der Waals surface area contributed by atoms with E-state index in [1.54, 1.807) is 6.07 Å². The molecule has 1 aliphatic heterocycles. The highest BCUT2D eigenvalue weighted by atomic mass is 16.8. The van der Waals surface area contributed by atoms with Crippen molar-refractivity contribution in [2.24, 2.45) is 0 Å². The molecule has 0 radical (unpaired) electrons. The summed E-state index contributed by atoms with van der Waals surface area (Å²) >= 11 is 0. The monoisotopic (exact) mass is 264 g/mol. The number of nitrogens with zero attached hydrogens (tertiary/aromatic N) is 2. The molecular formula is C14H22N3O2+. The minimum absolute atomic E-state index is 0.505. The Bertz CT molecular complexity index is 450. The van der Waals surface area contributed by atoms with Crippen LogP contribution in [0.25, 0.3) is 0 Å². The molecule has 2 atom stereocenters. The van der Waals surface area contributed by atoms with Gasteiger partial charge in [0, 0.05) is 43.9 Å². The zero-order chi connectivity index (χ0) is 13.8. The first-order valence-corrected chi connectivity index (χ1v) is 6.68. The van der Waals surface area contributed by atoms with Crippen LogP contribution in [0.3, 0.4) is 0 Å². The summed E-state index contributed by atoms with van der Waals surface area (Å²) in [4.78, 5) is 19.1. The number of rotatable bonds is 4. The van der Waals surface area contributed by atoms with Gasteiger partial charge in [0.2, 0.25) is 0 Å². The molecule has 1 aliphatic rings. The Morgan fingerprint density at radius 3 is 3.00 bits per heavy atom. The number of hydrogen-bond acceptors (Lipinski definition) is 4. The predicted molar refractivity (Wildman–Crippen MR) is 74.1 cm³/mol. The van der Waals surface area contributed by atoms with E-state index in [1.807, 2.05) is 18.2 Å². The van der Waals surface area contributed by atoms with E-state index in [-0.39, 0.29) is 0 Å². The second-order valence-electron chi connectivity index (χ2n) is 5.20. The van der Waals surface area contributed by atoms with Gasteiger partial charge in [0.25, 0.3) is 4.92 Å². The number of piperazine rings is 1. The van der Waals surface area contributed by atoms with Gasteiger partial charge in [0.15, 0.2) is 7.11 Å². The Balaban J connectivity index is 2.08. The molecule has 1 N–H and O–H groups in total. The molecule has 1 aromatic rings. The Morgan fingerprint density at radius 2 is 2.26 bits per heavy atom. The molecule has 1 saturated heterocycles. The van der Waals surface area contributed by atoms with Crippen molar-refractivity contribution in [3.8, 4) is 0 Å². The fourth-order valence-electron chi connectivity index (χ4n) is 2.43. The third kappa shape index (κ3) is 3.52. The van der Waals surface area contributed by atoms with E-state index >= 15 is 0 Å². The molecule has 1 heterocycles. The van der Waals surface area contributed by atoms with Gasteiger partial charge in [-0.3, -0.25) is 4.90 Å². The number of hydrogen-bond donors (Lipinski definition) is 1. The Kier molecular flexibility index (Phi) is 4.50. The van der Waals surface area contributed by atoms with Crippen molar-refractivity contribution >= 4 is 5.69 Å². The van der Waals surface area contributed by atoms with Gasteiger partial charge in [-0.2, -0.15) is 0 Å².